The number of nitrogens with zero attached hydrogens (tertiary/aromatic N) is 4. The molecule has 0 spiro atoms. The molecule has 1 amide bonds. The van der Waals surface area contributed by atoms with Crippen LogP contribution in [-0.4, -0.2) is 45.2 Å². The molecule has 138 valence electrons. The van der Waals surface area contributed by atoms with E-state index in [2.05, 4.69) is 31.9 Å². The number of fused-ring (bicyclic) bond motifs is 1. The highest BCUT2D eigenvalue weighted by molar-refractivity contribution is 5.77. The lowest BCUT2D eigenvalue weighted by atomic mass is 9.73. The first-order valence-corrected chi connectivity index (χ1v) is 10.1. The Morgan fingerprint density at radius 3 is 2.68 bits per heavy atom. The van der Waals surface area contributed by atoms with E-state index in [9.17, 15) is 4.79 Å². The second-order valence-electron chi connectivity index (χ2n) is 8.51. The standard InChI is InChI=1S/C19H31N5O/c1-19(7-3-2-4-8-19)13-17(25)23-10-5-15(6-11-23)18-22-21-16-14-20-9-12-24(16)18/h15,20H,2-14H2,1H3. The molecule has 2 aliphatic heterocycles. The predicted octanol–water partition coefficient (Wildman–Crippen LogP) is 2.45. The molecule has 1 saturated carbocycles. The highest BCUT2D eigenvalue weighted by Gasteiger charge is 2.33. The third-order valence-corrected chi connectivity index (χ3v) is 6.50. The van der Waals surface area contributed by atoms with Gasteiger partial charge in [-0.3, -0.25) is 4.79 Å². The highest BCUT2D eigenvalue weighted by atomic mass is 16.2. The van der Waals surface area contributed by atoms with Crippen molar-refractivity contribution >= 4 is 5.91 Å². The number of nitrogens with one attached hydrogen (secondary N) is 1. The third-order valence-electron chi connectivity index (χ3n) is 6.50. The maximum absolute atomic E-state index is 12.8. The SMILES string of the molecule is CC1(CC(=O)N2CCC(c3nnc4n3CCNC4)CC2)CCCCC1. The van der Waals surface area contributed by atoms with Crippen LogP contribution in [0.5, 0.6) is 0 Å². The second-order valence-corrected chi connectivity index (χ2v) is 8.51. The lowest BCUT2D eigenvalue weighted by Crippen LogP contribution is -2.41. The molecule has 0 atom stereocenters. The van der Waals surface area contributed by atoms with Crippen molar-refractivity contribution < 1.29 is 4.79 Å². The monoisotopic (exact) mass is 345 g/mol. The van der Waals surface area contributed by atoms with Gasteiger partial charge in [-0.25, -0.2) is 0 Å². The van der Waals surface area contributed by atoms with Crippen molar-refractivity contribution in [1.82, 2.24) is 25.0 Å². The van der Waals surface area contributed by atoms with Gasteiger partial charge in [0.2, 0.25) is 5.91 Å². The van der Waals surface area contributed by atoms with Crippen molar-refractivity contribution in [2.24, 2.45) is 5.41 Å². The molecule has 1 aromatic heterocycles. The minimum Gasteiger partial charge on any atom is -0.343 e. The van der Waals surface area contributed by atoms with Gasteiger partial charge in [0.15, 0.2) is 0 Å². The van der Waals surface area contributed by atoms with Crippen LogP contribution in [0.3, 0.4) is 0 Å². The number of aromatic nitrogens is 3. The first-order valence-electron chi connectivity index (χ1n) is 10.1. The summed E-state index contributed by atoms with van der Waals surface area (Å²) in [5, 5.41) is 12.2. The van der Waals surface area contributed by atoms with Crippen molar-refractivity contribution in [3.63, 3.8) is 0 Å². The van der Waals surface area contributed by atoms with Gasteiger partial charge in [0.05, 0.1) is 6.54 Å². The summed E-state index contributed by atoms with van der Waals surface area (Å²) in [6.45, 7) is 6.85. The molecule has 25 heavy (non-hydrogen) atoms. The van der Waals surface area contributed by atoms with Gasteiger partial charge in [0.1, 0.15) is 11.6 Å². The van der Waals surface area contributed by atoms with E-state index in [1.165, 1.54) is 32.1 Å². The number of amides is 1. The molecular formula is C19H31N5O. The molecule has 2 fully saturated rings. The van der Waals surface area contributed by atoms with Gasteiger partial charge in [-0.15, -0.1) is 10.2 Å². The Labute approximate surface area is 150 Å². The van der Waals surface area contributed by atoms with Crippen molar-refractivity contribution in [3.8, 4) is 0 Å². The molecule has 0 unspecified atom stereocenters. The van der Waals surface area contributed by atoms with Crippen LogP contribution in [0.25, 0.3) is 0 Å². The zero-order valence-corrected chi connectivity index (χ0v) is 15.5. The summed E-state index contributed by atoms with van der Waals surface area (Å²) in [5.74, 6) is 3.02. The topological polar surface area (TPSA) is 63.1 Å². The molecule has 4 rings (SSSR count). The quantitative estimate of drug-likeness (QED) is 0.914. The molecule has 3 aliphatic rings. The second kappa shape index (κ2) is 7.06. The van der Waals surface area contributed by atoms with E-state index in [4.69, 9.17) is 0 Å². The number of hydrogen-bond donors (Lipinski definition) is 1. The minimum atomic E-state index is 0.241. The van der Waals surface area contributed by atoms with Gasteiger partial charge in [-0.05, 0) is 31.1 Å². The van der Waals surface area contributed by atoms with E-state index in [0.717, 1.165) is 63.6 Å². The Morgan fingerprint density at radius 1 is 1.16 bits per heavy atom. The summed E-state index contributed by atoms with van der Waals surface area (Å²) in [7, 11) is 0. The van der Waals surface area contributed by atoms with Crippen molar-refractivity contribution in [3.05, 3.63) is 11.6 Å². The Kier molecular flexibility index (Phi) is 4.80. The van der Waals surface area contributed by atoms with E-state index < -0.39 is 0 Å². The molecular weight excluding hydrogens is 314 g/mol. The molecule has 1 aliphatic carbocycles. The van der Waals surface area contributed by atoms with E-state index in [0.29, 0.717) is 11.8 Å². The normalized spacial score (nSPS) is 24.1. The molecule has 3 heterocycles. The molecule has 0 radical (unpaired) electrons. The van der Waals surface area contributed by atoms with Gasteiger partial charge in [0.25, 0.3) is 0 Å². The zero-order chi connectivity index (χ0) is 17.3. The Balaban J connectivity index is 1.33. The molecule has 0 bridgehead atoms. The van der Waals surface area contributed by atoms with Crippen LogP contribution in [0, 0.1) is 5.41 Å². The summed E-state index contributed by atoms with van der Waals surface area (Å²) in [5.41, 5.74) is 0.241. The van der Waals surface area contributed by atoms with Gasteiger partial charge in [0, 0.05) is 38.5 Å². The Hall–Kier alpha value is -1.43. The number of piperidine rings is 1. The van der Waals surface area contributed by atoms with Crippen LogP contribution in [-0.2, 0) is 17.9 Å². The average Bonchev–Trinajstić information content (AvgIpc) is 3.06. The fourth-order valence-electron chi connectivity index (χ4n) is 4.86. The fourth-order valence-corrected chi connectivity index (χ4v) is 4.86. The number of likely N-dealkylation sites (tertiary alicyclic amines) is 1. The number of rotatable bonds is 3. The number of hydrogen-bond acceptors (Lipinski definition) is 4. The maximum atomic E-state index is 12.8. The Morgan fingerprint density at radius 2 is 1.92 bits per heavy atom. The maximum Gasteiger partial charge on any atom is 0.223 e. The van der Waals surface area contributed by atoms with E-state index in [1.807, 2.05) is 0 Å². The molecule has 1 N–H and O–H groups in total. The molecule has 1 saturated heterocycles. The minimum absolute atomic E-state index is 0.241. The molecule has 0 aromatic carbocycles. The van der Waals surface area contributed by atoms with Crippen LogP contribution in [0.15, 0.2) is 0 Å². The molecule has 6 heteroatoms. The van der Waals surface area contributed by atoms with Gasteiger partial charge in [-0.1, -0.05) is 26.2 Å². The van der Waals surface area contributed by atoms with Crippen LogP contribution in [0.4, 0.5) is 0 Å². The Bertz CT molecular complexity index is 611. The first kappa shape index (κ1) is 17.0. The predicted molar refractivity (Wildman–Crippen MR) is 96.1 cm³/mol. The average molecular weight is 345 g/mol. The summed E-state index contributed by atoms with van der Waals surface area (Å²) < 4.78 is 2.29. The van der Waals surface area contributed by atoms with Crippen LogP contribution >= 0.6 is 0 Å². The van der Waals surface area contributed by atoms with Crippen LogP contribution in [0.1, 0.15) is 75.9 Å². The van der Waals surface area contributed by atoms with Gasteiger partial charge < -0.3 is 14.8 Å². The van der Waals surface area contributed by atoms with Gasteiger partial charge in [-0.2, -0.15) is 0 Å². The smallest absolute Gasteiger partial charge is 0.223 e. The largest absolute Gasteiger partial charge is 0.343 e. The van der Waals surface area contributed by atoms with Crippen molar-refractivity contribution in [2.75, 3.05) is 19.6 Å². The number of carbonyl (C=O) groups excluding carboxylic acids is 1. The van der Waals surface area contributed by atoms with Crippen LogP contribution < -0.4 is 5.32 Å². The zero-order valence-electron chi connectivity index (χ0n) is 15.5. The van der Waals surface area contributed by atoms with Crippen molar-refractivity contribution in [2.45, 2.75) is 77.3 Å². The number of carbonyl (C=O) groups is 1. The van der Waals surface area contributed by atoms with Crippen LogP contribution in [0.2, 0.25) is 0 Å². The van der Waals surface area contributed by atoms with E-state index in [1.54, 1.807) is 0 Å². The summed E-state index contributed by atoms with van der Waals surface area (Å²) in [4.78, 5) is 14.9. The molecule has 1 aromatic rings. The summed E-state index contributed by atoms with van der Waals surface area (Å²) in [6.07, 6.45) is 9.14. The summed E-state index contributed by atoms with van der Waals surface area (Å²) >= 11 is 0. The van der Waals surface area contributed by atoms with Gasteiger partial charge >= 0.3 is 0 Å². The lowest BCUT2D eigenvalue weighted by Gasteiger charge is -2.37. The van der Waals surface area contributed by atoms with E-state index in [-0.39, 0.29) is 5.41 Å². The summed E-state index contributed by atoms with van der Waals surface area (Å²) in [6, 6.07) is 0. The van der Waals surface area contributed by atoms with E-state index >= 15 is 0 Å². The third kappa shape index (κ3) is 3.59. The molecule has 6 nitrogen and oxygen atoms in total. The van der Waals surface area contributed by atoms with Crippen molar-refractivity contribution in [1.29, 1.82) is 0 Å². The first-order chi connectivity index (χ1) is 12.1. The fraction of sp³-hybridized carbons (Fsp3) is 0.842. The lowest BCUT2D eigenvalue weighted by molar-refractivity contribution is -0.135. The highest BCUT2D eigenvalue weighted by Crippen LogP contribution is 2.39.